The third kappa shape index (κ3) is 2.84. The highest BCUT2D eigenvalue weighted by molar-refractivity contribution is 5.96. The Hall–Kier alpha value is -1.84. The van der Waals surface area contributed by atoms with Crippen LogP contribution in [0.5, 0.6) is 0 Å². The Labute approximate surface area is 119 Å². The van der Waals surface area contributed by atoms with Gasteiger partial charge in [-0.3, -0.25) is 4.79 Å². The van der Waals surface area contributed by atoms with Gasteiger partial charge in [-0.15, -0.1) is 0 Å². The first-order chi connectivity index (χ1) is 9.33. The second-order valence-corrected chi connectivity index (χ2v) is 6.08. The largest absolute Gasteiger partial charge is 0.440 e. The van der Waals surface area contributed by atoms with Crippen LogP contribution in [0, 0.1) is 5.41 Å². The number of carbonyl (C=O) groups is 1. The number of aromatic nitrogens is 1. The molecule has 0 aliphatic heterocycles. The standard InChI is InChI=1S/C16H22N2O2/c1-6-16(4,5)15(19)17-11-7-8-13-12(9-11)18-14(20-13)10(2)3/h7-10H,6H2,1-5H3,(H,17,19). The minimum Gasteiger partial charge on any atom is -0.440 e. The molecule has 0 atom stereocenters. The maximum absolute atomic E-state index is 12.2. The van der Waals surface area contributed by atoms with Crippen molar-refractivity contribution < 1.29 is 9.21 Å². The first-order valence-corrected chi connectivity index (χ1v) is 7.05. The fourth-order valence-electron chi connectivity index (χ4n) is 1.73. The summed E-state index contributed by atoms with van der Waals surface area (Å²) in [7, 11) is 0. The van der Waals surface area contributed by atoms with Crippen LogP contribution in [0.2, 0.25) is 0 Å². The lowest BCUT2D eigenvalue weighted by atomic mass is 9.89. The van der Waals surface area contributed by atoms with E-state index in [0.29, 0.717) is 0 Å². The molecule has 0 spiro atoms. The summed E-state index contributed by atoms with van der Waals surface area (Å²) in [6, 6.07) is 5.55. The number of oxazole rings is 1. The fraction of sp³-hybridized carbons (Fsp3) is 0.500. The Kier molecular flexibility index (Phi) is 3.84. The van der Waals surface area contributed by atoms with Crippen LogP contribution in [0.25, 0.3) is 11.1 Å². The first kappa shape index (κ1) is 14.6. The normalized spacial score (nSPS) is 12.1. The van der Waals surface area contributed by atoms with Gasteiger partial charge in [-0.2, -0.15) is 0 Å². The van der Waals surface area contributed by atoms with Crippen molar-refractivity contribution in [2.45, 2.75) is 47.0 Å². The summed E-state index contributed by atoms with van der Waals surface area (Å²) in [4.78, 5) is 16.6. The van der Waals surface area contributed by atoms with Crippen molar-refractivity contribution in [1.82, 2.24) is 4.98 Å². The van der Waals surface area contributed by atoms with E-state index in [9.17, 15) is 4.79 Å². The molecule has 0 aliphatic rings. The lowest BCUT2D eigenvalue weighted by Crippen LogP contribution is -2.29. The summed E-state index contributed by atoms with van der Waals surface area (Å²) in [6.45, 7) is 9.96. The smallest absolute Gasteiger partial charge is 0.230 e. The molecule has 1 aromatic carbocycles. The van der Waals surface area contributed by atoms with Gasteiger partial charge in [-0.05, 0) is 24.6 Å². The summed E-state index contributed by atoms with van der Waals surface area (Å²) in [5.74, 6) is 0.990. The number of carbonyl (C=O) groups excluding carboxylic acids is 1. The van der Waals surface area contributed by atoms with Gasteiger partial charge in [0, 0.05) is 17.0 Å². The number of rotatable bonds is 4. The Morgan fingerprint density at radius 2 is 2.10 bits per heavy atom. The highest BCUT2D eigenvalue weighted by Crippen LogP contribution is 2.26. The minimum absolute atomic E-state index is 0.0203. The molecule has 0 unspecified atom stereocenters. The van der Waals surface area contributed by atoms with Crippen molar-refractivity contribution in [2.75, 3.05) is 5.32 Å². The predicted molar refractivity (Wildman–Crippen MR) is 80.8 cm³/mol. The molecule has 0 radical (unpaired) electrons. The van der Waals surface area contributed by atoms with Crippen molar-refractivity contribution in [1.29, 1.82) is 0 Å². The van der Waals surface area contributed by atoms with E-state index < -0.39 is 0 Å². The number of anilines is 1. The SMILES string of the molecule is CCC(C)(C)C(=O)Nc1ccc2oc(C(C)C)nc2c1. The quantitative estimate of drug-likeness (QED) is 0.903. The maximum atomic E-state index is 12.2. The van der Waals surface area contributed by atoms with Crippen molar-refractivity contribution in [3.05, 3.63) is 24.1 Å². The van der Waals surface area contributed by atoms with Crippen molar-refractivity contribution in [3.8, 4) is 0 Å². The molecule has 1 heterocycles. The van der Waals surface area contributed by atoms with Gasteiger partial charge >= 0.3 is 0 Å². The van der Waals surface area contributed by atoms with Crippen LogP contribution in [-0.4, -0.2) is 10.9 Å². The van der Waals surface area contributed by atoms with Gasteiger partial charge in [-0.1, -0.05) is 34.6 Å². The van der Waals surface area contributed by atoms with Crippen LogP contribution in [0.3, 0.4) is 0 Å². The van der Waals surface area contributed by atoms with E-state index in [1.165, 1.54) is 0 Å². The molecule has 2 rings (SSSR count). The number of benzene rings is 1. The summed E-state index contributed by atoms with van der Waals surface area (Å²) < 4.78 is 5.65. The zero-order valence-electron chi connectivity index (χ0n) is 12.8. The summed E-state index contributed by atoms with van der Waals surface area (Å²) in [5.41, 5.74) is 1.91. The van der Waals surface area contributed by atoms with Gasteiger partial charge in [0.15, 0.2) is 11.5 Å². The third-order valence-corrected chi connectivity index (χ3v) is 3.65. The second kappa shape index (κ2) is 5.27. The van der Waals surface area contributed by atoms with E-state index in [0.717, 1.165) is 29.1 Å². The molecule has 4 heteroatoms. The zero-order valence-corrected chi connectivity index (χ0v) is 12.8. The molecule has 1 N–H and O–H groups in total. The average molecular weight is 274 g/mol. The van der Waals surface area contributed by atoms with E-state index in [-0.39, 0.29) is 17.2 Å². The van der Waals surface area contributed by atoms with E-state index >= 15 is 0 Å². The van der Waals surface area contributed by atoms with Gasteiger partial charge in [0.1, 0.15) is 5.52 Å². The Balaban J connectivity index is 2.26. The molecule has 20 heavy (non-hydrogen) atoms. The zero-order chi connectivity index (χ0) is 14.9. The fourth-order valence-corrected chi connectivity index (χ4v) is 1.73. The molecule has 0 saturated heterocycles. The molecule has 1 amide bonds. The van der Waals surface area contributed by atoms with Gasteiger partial charge in [0.2, 0.25) is 5.91 Å². The highest BCUT2D eigenvalue weighted by atomic mass is 16.3. The van der Waals surface area contributed by atoms with E-state index in [2.05, 4.69) is 10.3 Å². The third-order valence-electron chi connectivity index (χ3n) is 3.65. The average Bonchev–Trinajstić information content (AvgIpc) is 2.82. The first-order valence-electron chi connectivity index (χ1n) is 7.05. The molecule has 0 bridgehead atoms. The Morgan fingerprint density at radius 1 is 1.40 bits per heavy atom. The van der Waals surface area contributed by atoms with Crippen LogP contribution < -0.4 is 5.32 Å². The summed E-state index contributed by atoms with van der Waals surface area (Å²) >= 11 is 0. The number of nitrogens with one attached hydrogen (secondary N) is 1. The second-order valence-electron chi connectivity index (χ2n) is 6.08. The highest BCUT2D eigenvalue weighted by Gasteiger charge is 2.25. The number of hydrogen-bond donors (Lipinski definition) is 1. The van der Waals surface area contributed by atoms with Gasteiger partial charge < -0.3 is 9.73 Å². The monoisotopic (exact) mass is 274 g/mol. The number of nitrogens with zero attached hydrogens (tertiary/aromatic N) is 1. The molecule has 108 valence electrons. The summed E-state index contributed by atoms with van der Waals surface area (Å²) in [6.07, 6.45) is 0.794. The predicted octanol–water partition coefficient (Wildman–Crippen LogP) is 4.33. The number of hydrogen-bond acceptors (Lipinski definition) is 3. The molecular weight excluding hydrogens is 252 g/mol. The Morgan fingerprint density at radius 3 is 2.70 bits per heavy atom. The van der Waals surface area contributed by atoms with Crippen LogP contribution in [0.1, 0.15) is 52.8 Å². The number of fused-ring (bicyclic) bond motifs is 1. The maximum Gasteiger partial charge on any atom is 0.230 e. The lowest BCUT2D eigenvalue weighted by Gasteiger charge is -2.21. The van der Waals surface area contributed by atoms with E-state index in [1.807, 2.05) is 52.8 Å². The van der Waals surface area contributed by atoms with Crippen molar-refractivity contribution >= 4 is 22.7 Å². The molecule has 0 aliphatic carbocycles. The molecule has 2 aromatic rings. The lowest BCUT2D eigenvalue weighted by molar-refractivity contribution is -0.124. The topological polar surface area (TPSA) is 55.1 Å². The molecule has 4 nitrogen and oxygen atoms in total. The number of amides is 1. The molecule has 1 aromatic heterocycles. The molecule has 0 fully saturated rings. The van der Waals surface area contributed by atoms with Gasteiger partial charge in [0.25, 0.3) is 0 Å². The summed E-state index contributed by atoms with van der Waals surface area (Å²) in [5, 5.41) is 2.94. The van der Waals surface area contributed by atoms with E-state index in [4.69, 9.17) is 4.42 Å². The van der Waals surface area contributed by atoms with Crippen molar-refractivity contribution in [2.24, 2.45) is 5.41 Å². The minimum atomic E-state index is -0.373. The van der Waals surface area contributed by atoms with Crippen molar-refractivity contribution in [3.63, 3.8) is 0 Å². The Bertz CT molecular complexity index is 626. The van der Waals surface area contributed by atoms with E-state index in [1.54, 1.807) is 0 Å². The van der Waals surface area contributed by atoms with Gasteiger partial charge in [-0.25, -0.2) is 4.98 Å². The van der Waals surface area contributed by atoms with Crippen LogP contribution in [0.15, 0.2) is 22.6 Å². The van der Waals surface area contributed by atoms with Crippen LogP contribution >= 0.6 is 0 Å². The molecular formula is C16H22N2O2. The van der Waals surface area contributed by atoms with Crippen LogP contribution in [0.4, 0.5) is 5.69 Å². The molecule has 0 saturated carbocycles. The van der Waals surface area contributed by atoms with Crippen LogP contribution in [-0.2, 0) is 4.79 Å². The van der Waals surface area contributed by atoms with Gasteiger partial charge in [0.05, 0.1) is 0 Å².